The van der Waals surface area contributed by atoms with Gasteiger partial charge in [-0.2, -0.15) is 0 Å². The summed E-state index contributed by atoms with van der Waals surface area (Å²) >= 11 is 0. The Labute approximate surface area is 139 Å². The van der Waals surface area contributed by atoms with Crippen LogP contribution in [0.2, 0.25) is 0 Å². The van der Waals surface area contributed by atoms with E-state index in [0.29, 0.717) is 35.8 Å². The smallest absolute Gasteiger partial charge is 0.194 e. The molecule has 0 N–H and O–H groups in total. The zero-order valence-electron chi connectivity index (χ0n) is 13.0. The number of carbonyl (C=O) groups excluding carboxylic acids is 1. The molecule has 5 nitrogen and oxygen atoms in total. The lowest BCUT2D eigenvalue weighted by Crippen LogP contribution is -2.05. The van der Waals surface area contributed by atoms with Gasteiger partial charge in [0.15, 0.2) is 5.78 Å². The fraction of sp³-hybridized carbons (Fsp3) is 0.316. The van der Waals surface area contributed by atoms with E-state index in [-0.39, 0.29) is 18.0 Å². The van der Waals surface area contributed by atoms with Crippen LogP contribution >= 0.6 is 0 Å². The van der Waals surface area contributed by atoms with E-state index in [1.54, 1.807) is 0 Å². The lowest BCUT2D eigenvalue weighted by Gasteiger charge is -2.07. The minimum absolute atomic E-state index is 0.0150. The van der Waals surface area contributed by atoms with Crippen molar-refractivity contribution in [3.8, 4) is 22.6 Å². The minimum Gasteiger partial charge on any atom is -0.491 e. The van der Waals surface area contributed by atoms with Gasteiger partial charge in [-0.05, 0) is 47.5 Å². The Balaban J connectivity index is 1.40. The van der Waals surface area contributed by atoms with Crippen molar-refractivity contribution in [1.29, 1.82) is 0 Å². The minimum atomic E-state index is 0.0150. The molecule has 2 aliphatic heterocycles. The predicted octanol–water partition coefficient (Wildman–Crippen LogP) is 2.45. The zero-order valence-corrected chi connectivity index (χ0v) is 13.0. The zero-order chi connectivity index (χ0) is 16.1. The van der Waals surface area contributed by atoms with Gasteiger partial charge >= 0.3 is 0 Å². The van der Waals surface area contributed by atoms with Crippen molar-refractivity contribution in [3.05, 3.63) is 47.5 Å². The molecule has 2 fully saturated rings. The first kappa shape index (κ1) is 14.0. The standard InChI is InChI=1S/C19H16O5/c20-19-17-5-11(21-7-13-9-23-13)1-3-15(17)16-4-2-12(6-18(16)19)22-8-14-10-24-14/h1-6,13-14H,7-10H2. The Morgan fingerprint density at radius 3 is 1.67 bits per heavy atom. The average Bonchev–Trinajstić information content (AvgIpc) is 3.52. The molecule has 122 valence electrons. The molecule has 1 aliphatic carbocycles. The summed E-state index contributed by atoms with van der Waals surface area (Å²) in [7, 11) is 0. The molecule has 2 aromatic rings. The highest BCUT2D eigenvalue weighted by molar-refractivity contribution is 6.22. The number of carbonyl (C=O) groups is 1. The number of rotatable bonds is 6. The number of hydrogen-bond acceptors (Lipinski definition) is 5. The van der Waals surface area contributed by atoms with Crippen LogP contribution in [0.5, 0.6) is 11.5 Å². The monoisotopic (exact) mass is 324 g/mol. The SMILES string of the molecule is O=C1c2cc(OCC3CO3)ccc2-c2ccc(OCC3CO3)cc21. The third kappa shape index (κ3) is 2.56. The van der Waals surface area contributed by atoms with Gasteiger partial charge < -0.3 is 18.9 Å². The van der Waals surface area contributed by atoms with Crippen LogP contribution in [0.1, 0.15) is 15.9 Å². The van der Waals surface area contributed by atoms with Crippen molar-refractivity contribution < 1.29 is 23.7 Å². The van der Waals surface area contributed by atoms with Crippen molar-refractivity contribution in [2.75, 3.05) is 26.4 Å². The van der Waals surface area contributed by atoms with E-state index < -0.39 is 0 Å². The predicted molar refractivity (Wildman–Crippen MR) is 85.8 cm³/mol. The second-order valence-electron chi connectivity index (χ2n) is 6.28. The van der Waals surface area contributed by atoms with Crippen molar-refractivity contribution in [1.82, 2.24) is 0 Å². The summed E-state index contributed by atoms with van der Waals surface area (Å²) in [6.45, 7) is 2.57. The summed E-state index contributed by atoms with van der Waals surface area (Å²) < 4.78 is 21.6. The van der Waals surface area contributed by atoms with Crippen LogP contribution in [0, 0.1) is 0 Å². The molecule has 0 spiro atoms. The molecule has 2 heterocycles. The highest BCUT2D eigenvalue weighted by atomic mass is 16.6. The topological polar surface area (TPSA) is 60.6 Å². The lowest BCUT2D eigenvalue weighted by atomic mass is 10.1. The summed E-state index contributed by atoms with van der Waals surface area (Å²) in [6.07, 6.45) is 0.391. The molecule has 2 aromatic carbocycles. The van der Waals surface area contributed by atoms with Gasteiger partial charge in [0.2, 0.25) is 0 Å². The number of ketones is 1. The van der Waals surface area contributed by atoms with Gasteiger partial charge in [0.05, 0.1) is 13.2 Å². The first-order valence-corrected chi connectivity index (χ1v) is 8.10. The summed E-state index contributed by atoms with van der Waals surface area (Å²) in [5.41, 5.74) is 3.26. The van der Waals surface area contributed by atoms with E-state index in [1.807, 2.05) is 36.4 Å². The Morgan fingerprint density at radius 2 is 1.25 bits per heavy atom. The quantitative estimate of drug-likeness (QED) is 0.652. The maximum Gasteiger partial charge on any atom is 0.194 e. The molecular weight excluding hydrogens is 308 g/mol. The van der Waals surface area contributed by atoms with Gasteiger partial charge in [-0.25, -0.2) is 0 Å². The molecule has 0 aromatic heterocycles. The normalized spacial score (nSPS) is 22.8. The first-order chi connectivity index (χ1) is 11.8. The fourth-order valence-corrected chi connectivity index (χ4v) is 2.92. The molecule has 0 amide bonds. The Bertz CT molecular complexity index is 753. The van der Waals surface area contributed by atoms with E-state index in [0.717, 1.165) is 24.3 Å². The Kier molecular flexibility index (Phi) is 3.11. The molecule has 2 atom stereocenters. The molecular formula is C19H16O5. The lowest BCUT2D eigenvalue weighted by molar-refractivity contribution is 0.104. The van der Waals surface area contributed by atoms with Crippen LogP contribution in [0.3, 0.4) is 0 Å². The average molecular weight is 324 g/mol. The van der Waals surface area contributed by atoms with Gasteiger partial charge in [-0.1, -0.05) is 0 Å². The second-order valence-corrected chi connectivity index (χ2v) is 6.28. The van der Waals surface area contributed by atoms with Crippen molar-refractivity contribution >= 4 is 5.78 Å². The van der Waals surface area contributed by atoms with E-state index in [4.69, 9.17) is 18.9 Å². The van der Waals surface area contributed by atoms with Gasteiger partial charge in [0.1, 0.15) is 36.9 Å². The van der Waals surface area contributed by atoms with Crippen LogP contribution in [0.25, 0.3) is 11.1 Å². The number of hydrogen-bond donors (Lipinski definition) is 0. The van der Waals surface area contributed by atoms with E-state index in [2.05, 4.69) is 0 Å². The molecule has 5 rings (SSSR count). The largest absolute Gasteiger partial charge is 0.491 e. The van der Waals surface area contributed by atoms with Crippen molar-refractivity contribution in [3.63, 3.8) is 0 Å². The molecule has 0 radical (unpaired) electrons. The van der Waals surface area contributed by atoms with Crippen LogP contribution in [0.15, 0.2) is 36.4 Å². The maximum absolute atomic E-state index is 12.7. The molecule has 5 heteroatoms. The Hall–Kier alpha value is -2.37. The van der Waals surface area contributed by atoms with Crippen molar-refractivity contribution in [2.45, 2.75) is 12.2 Å². The fourth-order valence-electron chi connectivity index (χ4n) is 2.92. The van der Waals surface area contributed by atoms with Crippen LogP contribution in [-0.2, 0) is 9.47 Å². The maximum atomic E-state index is 12.7. The number of ether oxygens (including phenoxy) is 4. The summed E-state index contributed by atoms with van der Waals surface area (Å²) in [4.78, 5) is 12.7. The second kappa shape index (κ2) is 5.33. The van der Waals surface area contributed by atoms with Crippen LogP contribution in [-0.4, -0.2) is 44.4 Å². The first-order valence-electron chi connectivity index (χ1n) is 8.10. The molecule has 3 aliphatic rings. The highest BCUT2D eigenvalue weighted by Gasteiger charge is 2.29. The molecule has 0 bridgehead atoms. The van der Waals surface area contributed by atoms with Gasteiger partial charge in [-0.15, -0.1) is 0 Å². The van der Waals surface area contributed by atoms with Crippen molar-refractivity contribution in [2.24, 2.45) is 0 Å². The summed E-state index contributed by atoms with van der Waals surface area (Å²) in [5.74, 6) is 1.42. The molecule has 2 saturated heterocycles. The van der Waals surface area contributed by atoms with Gasteiger partial charge in [0, 0.05) is 11.1 Å². The van der Waals surface area contributed by atoms with Gasteiger partial charge in [0.25, 0.3) is 0 Å². The third-order valence-electron chi connectivity index (χ3n) is 4.44. The van der Waals surface area contributed by atoms with E-state index in [1.165, 1.54) is 0 Å². The van der Waals surface area contributed by atoms with E-state index >= 15 is 0 Å². The van der Waals surface area contributed by atoms with Crippen LogP contribution in [0.4, 0.5) is 0 Å². The Morgan fingerprint density at radius 1 is 0.792 bits per heavy atom. The number of epoxide rings is 2. The summed E-state index contributed by atoms with van der Waals surface area (Å²) in [5, 5.41) is 0. The number of fused-ring (bicyclic) bond motifs is 3. The van der Waals surface area contributed by atoms with Crippen LogP contribution < -0.4 is 9.47 Å². The molecule has 0 saturated carbocycles. The summed E-state index contributed by atoms with van der Waals surface area (Å²) in [6, 6.07) is 11.3. The molecule has 24 heavy (non-hydrogen) atoms. The molecule has 2 unspecified atom stereocenters. The van der Waals surface area contributed by atoms with E-state index in [9.17, 15) is 4.79 Å². The number of benzene rings is 2. The van der Waals surface area contributed by atoms with Gasteiger partial charge in [-0.3, -0.25) is 4.79 Å². The highest BCUT2D eigenvalue weighted by Crippen LogP contribution is 2.40. The third-order valence-corrected chi connectivity index (χ3v) is 4.44.